The lowest BCUT2D eigenvalue weighted by molar-refractivity contribution is -0.682. The standard InChI is InChI=1S/C16H22ClN3O/c1-11(2)16(4,10-18)20-15(21)9-19-12(3)13-5-7-14(17)8-6-13/h5-8,11-12,19H,9H2,1-4H3,(H,20,21)/p+1/t12-,16-/m1/s1. The first-order chi connectivity index (χ1) is 9.78. The summed E-state index contributed by atoms with van der Waals surface area (Å²) in [4.78, 5) is 12.0. The van der Waals surface area contributed by atoms with Gasteiger partial charge in [0.2, 0.25) is 0 Å². The fraction of sp³-hybridized carbons (Fsp3) is 0.500. The van der Waals surface area contributed by atoms with Gasteiger partial charge in [-0.1, -0.05) is 37.6 Å². The molecule has 5 heteroatoms. The average Bonchev–Trinajstić information content (AvgIpc) is 2.45. The molecule has 2 atom stereocenters. The minimum Gasteiger partial charge on any atom is -0.333 e. The first kappa shape index (κ1) is 17.5. The number of nitriles is 1. The number of quaternary nitrogens is 1. The number of nitrogens with one attached hydrogen (secondary N) is 1. The normalized spacial score (nSPS) is 15.1. The summed E-state index contributed by atoms with van der Waals surface area (Å²) >= 11 is 5.86. The number of nitrogens with two attached hydrogens (primary N) is 1. The first-order valence-corrected chi connectivity index (χ1v) is 7.47. The number of carbonyl (C=O) groups is 1. The van der Waals surface area contributed by atoms with E-state index in [2.05, 4.69) is 11.4 Å². The van der Waals surface area contributed by atoms with Crippen LogP contribution in [0, 0.1) is 17.2 Å². The van der Waals surface area contributed by atoms with E-state index in [1.54, 1.807) is 6.92 Å². The summed E-state index contributed by atoms with van der Waals surface area (Å²) in [7, 11) is 0. The van der Waals surface area contributed by atoms with E-state index in [1.165, 1.54) is 0 Å². The van der Waals surface area contributed by atoms with Gasteiger partial charge in [0.05, 0.1) is 6.07 Å². The number of hydrogen-bond donors (Lipinski definition) is 2. The van der Waals surface area contributed by atoms with Crippen LogP contribution in [0.15, 0.2) is 24.3 Å². The van der Waals surface area contributed by atoms with Gasteiger partial charge in [0.15, 0.2) is 6.54 Å². The summed E-state index contributed by atoms with van der Waals surface area (Å²) < 4.78 is 0. The Labute approximate surface area is 131 Å². The van der Waals surface area contributed by atoms with E-state index in [1.807, 2.05) is 50.4 Å². The number of amides is 1. The highest BCUT2D eigenvalue weighted by Gasteiger charge is 2.30. The molecule has 21 heavy (non-hydrogen) atoms. The zero-order valence-corrected chi connectivity index (χ0v) is 13.7. The van der Waals surface area contributed by atoms with Gasteiger partial charge in [-0.15, -0.1) is 0 Å². The molecule has 4 nitrogen and oxygen atoms in total. The van der Waals surface area contributed by atoms with Gasteiger partial charge in [0.25, 0.3) is 5.91 Å². The van der Waals surface area contributed by atoms with Gasteiger partial charge in [0, 0.05) is 10.6 Å². The van der Waals surface area contributed by atoms with Crippen LogP contribution in [0.1, 0.15) is 39.3 Å². The fourth-order valence-electron chi connectivity index (χ4n) is 1.83. The van der Waals surface area contributed by atoms with E-state index in [0.29, 0.717) is 5.02 Å². The monoisotopic (exact) mass is 308 g/mol. The number of carbonyl (C=O) groups excluding carboxylic acids is 1. The van der Waals surface area contributed by atoms with E-state index in [9.17, 15) is 10.1 Å². The molecule has 0 fully saturated rings. The van der Waals surface area contributed by atoms with Gasteiger partial charge in [-0.05, 0) is 31.9 Å². The molecule has 0 spiro atoms. The van der Waals surface area contributed by atoms with E-state index >= 15 is 0 Å². The molecule has 0 radical (unpaired) electrons. The molecule has 0 unspecified atom stereocenters. The Hall–Kier alpha value is -1.57. The summed E-state index contributed by atoms with van der Waals surface area (Å²) in [6.45, 7) is 7.90. The number of halogens is 1. The van der Waals surface area contributed by atoms with Crippen LogP contribution in [-0.4, -0.2) is 18.0 Å². The molecule has 1 rings (SSSR count). The molecule has 1 amide bonds. The maximum Gasteiger partial charge on any atom is 0.276 e. The van der Waals surface area contributed by atoms with Crippen LogP contribution in [0.5, 0.6) is 0 Å². The van der Waals surface area contributed by atoms with Crippen molar-refractivity contribution < 1.29 is 10.1 Å². The number of rotatable bonds is 6. The van der Waals surface area contributed by atoms with Crippen LogP contribution < -0.4 is 10.6 Å². The van der Waals surface area contributed by atoms with Gasteiger partial charge in [-0.2, -0.15) is 5.26 Å². The summed E-state index contributed by atoms with van der Waals surface area (Å²) in [5.41, 5.74) is 0.285. The van der Waals surface area contributed by atoms with Crippen LogP contribution in [0.3, 0.4) is 0 Å². The topological polar surface area (TPSA) is 69.5 Å². The van der Waals surface area contributed by atoms with Crippen LogP contribution in [-0.2, 0) is 4.79 Å². The molecule has 0 bridgehead atoms. The van der Waals surface area contributed by atoms with Crippen LogP contribution in [0.25, 0.3) is 0 Å². The lowest BCUT2D eigenvalue weighted by Crippen LogP contribution is -2.87. The lowest BCUT2D eigenvalue weighted by Gasteiger charge is -2.27. The minimum atomic E-state index is -0.825. The quantitative estimate of drug-likeness (QED) is 0.844. The van der Waals surface area contributed by atoms with Gasteiger partial charge < -0.3 is 10.6 Å². The molecule has 0 aliphatic heterocycles. The molecule has 0 aromatic heterocycles. The van der Waals surface area contributed by atoms with E-state index in [0.717, 1.165) is 5.56 Å². The highest BCUT2D eigenvalue weighted by atomic mass is 35.5. The number of hydrogen-bond acceptors (Lipinski definition) is 2. The molecule has 114 valence electrons. The van der Waals surface area contributed by atoms with Gasteiger partial charge >= 0.3 is 0 Å². The Bertz CT molecular complexity index is 521. The molecule has 0 saturated heterocycles. The molecule has 0 heterocycles. The number of nitrogens with zero attached hydrogens (tertiary/aromatic N) is 1. The molecule has 0 aliphatic rings. The Kier molecular flexibility index (Phi) is 6.19. The summed E-state index contributed by atoms with van der Waals surface area (Å²) in [6, 6.07) is 9.91. The van der Waals surface area contributed by atoms with E-state index < -0.39 is 5.54 Å². The Morgan fingerprint density at radius 1 is 1.38 bits per heavy atom. The highest BCUT2D eigenvalue weighted by Crippen LogP contribution is 2.15. The van der Waals surface area contributed by atoms with Crippen molar-refractivity contribution in [1.82, 2.24) is 5.32 Å². The minimum absolute atomic E-state index is 0.0557. The largest absolute Gasteiger partial charge is 0.333 e. The van der Waals surface area contributed by atoms with Crippen LogP contribution in [0.2, 0.25) is 5.02 Å². The van der Waals surface area contributed by atoms with Crippen molar-refractivity contribution in [3.05, 3.63) is 34.9 Å². The third-order valence-electron chi connectivity index (χ3n) is 3.84. The van der Waals surface area contributed by atoms with E-state index in [-0.39, 0.29) is 24.4 Å². The lowest BCUT2D eigenvalue weighted by atomic mass is 9.90. The summed E-state index contributed by atoms with van der Waals surface area (Å²) in [5.74, 6) is -0.0753. The van der Waals surface area contributed by atoms with E-state index in [4.69, 9.17) is 11.6 Å². The molecule has 1 aromatic rings. The molecule has 0 aliphatic carbocycles. The smallest absolute Gasteiger partial charge is 0.276 e. The molecule has 1 aromatic carbocycles. The fourth-order valence-corrected chi connectivity index (χ4v) is 1.95. The van der Waals surface area contributed by atoms with Crippen molar-refractivity contribution in [2.75, 3.05) is 6.54 Å². The zero-order valence-electron chi connectivity index (χ0n) is 13.0. The van der Waals surface area contributed by atoms with Crippen molar-refractivity contribution in [3.63, 3.8) is 0 Å². The number of benzene rings is 1. The third-order valence-corrected chi connectivity index (χ3v) is 4.09. The van der Waals surface area contributed by atoms with Crippen molar-refractivity contribution >= 4 is 17.5 Å². The zero-order chi connectivity index (χ0) is 16.0. The van der Waals surface area contributed by atoms with Crippen LogP contribution >= 0.6 is 11.6 Å². The molecular formula is C16H23ClN3O+. The molecular weight excluding hydrogens is 286 g/mol. The average molecular weight is 309 g/mol. The SMILES string of the molecule is CC(C)[C@@](C)(C#N)NC(=O)C[NH2+][C@H](C)c1ccc(Cl)cc1. The third kappa shape index (κ3) is 5.04. The maximum absolute atomic E-state index is 12.0. The summed E-state index contributed by atoms with van der Waals surface area (Å²) in [6.07, 6.45) is 0. The van der Waals surface area contributed by atoms with Crippen molar-refractivity contribution in [2.24, 2.45) is 5.92 Å². The predicted octanol–water partition coefficient (Wildman–Crippen LogP) is 2.02. The Balaban J connectivity index is 2.53. The van der Waals surface area contributed by atoms with Crippen LogP contribution in [0.4, 0.5) is 0 Å². The highest BCUT2D eigenvalue weighted by molar-refractivity contribution is 6.30. The van der Waals surface area contributed by atoms with Crippen molar-refractivity contribution in [2.45, 2.75) is 39.3 Å². The van der Waals surface area contributed by atoms with Crippen molar-refractivity contribution in [1.29, 1.82) is 5.26 Å². The Morgan fingerprint density at radius 3 is 2.43 bits per heavy atom. The Morgan fingerprint density at radius 2 is 1.95 bits per heavy atom. The second-order valence-corrected chi connectivity index (χ2v) is 6.23. The van der Waals surface area contributed by atoms with Crippen molar-refractivity contribution in [3.8, 4) is 6.07 Å². The second-order valence-electron chi connectivity index (χ2n) is 5.80. The maximum atomic E-state index is 12.0. The van der Waals surface area contributed by atoms with Gasteiger partial charge in [0.1, 0.15) is 11.6 Å². The second kappa shape index (κ2) is 7.44. The van der Waals surface area contributed by atoms with Gasteiger partial charge in [-0.25, -0.2) is 0 Å². The molecule has 3 N–H and O–H groups in total. The predicted molar refractivity (Wildman–Crippen MR) is 83.7 cm³/mol. The molecule has 0 saturated carbocycles. The van der Waals surface area contributed by atoms with Gasteiger partial charge in [-0.3, -0.25) is 4.79 Å². The summed E-state index contributed by atoms with van der Waals surface area (Å²) in [5, 5.41) is 14.6. The first-order valence-electron chi connectivity index (χ1n) is 7.09.